The third-order valence-corrected chi connectivity index (χ3v) is 4.65. The molecule has 0 saturated carbocycles. The molecule has 2 heterocycles. The smallest absolute Gasteiger partial charge is 0.422 e. The van der Waals surface area contributed by atoms with Gasteiger partial charge < -0.3 is 20.3 Å². The lowest BCUT2D eigenvalue weighted by Gasteiger charge is -2.21. The topological polar surface area (TPSA) is 61.8 Å². The van der Waals surface area contributed by atoms with Gasteiger partial charge in [-0.3, -0.25) is 4.99 Å². The average molecular weight is 571 g/mol. The molecule has 6 nitrogen and oxygen atoms in total. The summed E-state index contributed by atoms with van der Waals surface area (Å²) in [6.45, 7) is -0.0179. The van der Waals surface area contributed by atoms with Crippen molar-refractivity contribution in [2.75, 3.05) is 31.6 Å². The Labute approximate surface area is 199 Å². The quantitative estimate of drug-likeness (QED) is 0.239. The van der Waals surface area contributed by atoms with Crippen LogP contribution in [-0.4, -0.2) is 49.9 Å². The van der Waals surface area contributed by atoms with Crippen molar-refractivity contribution in [3.63, 3.8) is 0 Å². The van der Waals surface area contributed by atoms with Gasteiger partial charge in [-0.1, -0.05) is 0 Å². The Morgan fingerprint density at radius 2 is 2.03 bits per heavy atom. The molecular formula is C20H23F5IN5O. The summed E-state index contributed by atoms with van der Waals surface area (Å²) >= 11 is 0. The summed E-state index contributed by atoms with van der Waals surface area (Å²) in [5.41, 5.74) is 1.01. The molecule has 1 atom stereocenters. The number of anilines is 1. The maximum Gasteiger partial charge on any atom is 0.422 e. The van der Waals surface area contributed by atoms with Crippen LogP contribution < -0.4 is 20.3 Å². The van der Waals surface area contributed by atoms with Gasteiger partial charge in [-0.2, -0.15) is 13.2 Å². The third kappa shape index (κ3) is 7.64. The minimum atomic E-state index is -4.44. The van der Waals surface area contributed by atoms with Crippen molar-refractivity contribution in [1.29, 1.82) is 0 Å². The zero-order chi connectivity index (χ0) is 22.4. The van der Waals surface area contributed by atoms with Crippen LogP contribution in [0.15, 0.2) is 41.5 Å². The maximum absolute atomic E-state index is 14.0. The highest BCUT2D eigenvalue weighted by molar-refractivity contribution is 14.0. The number of nitrogens with one attached hydrogen (secondary N) is 2. The minimum absolute atomic E-state index is 0. The van der Waals surface area contributed by atoms with Crippen molar-refractivity contribution in [1.82, 2.24) is 15.6 Å². The van der Waals surface area contributed by atoms with E-state index in [1.54, 1.807) is 13.1 Å². The van der Waals surface area contributed by atoms with Gasteiger partial charge in [-0.05, 0) is 30.2 Å². The summed E-state index contributed by atoms with van der Waals surface area (Å²) in [4.78, 5) is 9.73. The van der Waals surface area contributed by atoms with E-state index in [1.165, 1.54) is 24.4 Å². The summed E-state index contributed by atoms with van der Waals surface area (Å²) in [5.74, 6) is -0.861. The second-order valence-electron chi connectivity index (χ2n) is 7.00. The first kappa shape index (κ1) is 25.9. The molecule has 1 saturated heterocycles. The van der Waals surface area contributed by atoms with E-state index in [1.807, 2.05) is 4.90 Å². The van der Waals surface area contributed by atoms with E-state index >= 15 is 0 Å². The number of hydrogen-bond donors (Lipinski definition) is 2. The third-order valence-electron chi connectivity index (χ3n) is 4.65. The van der Waals surface area contributed by atoms with E-state index in [4.69, 9.17) is 0 Å². The number of aromatic nitrogens is 1. The molecule has 0 bridgehead atoms. The van der Waals surface area contributed by atoms with E-state index in [0.29, 0.717) is 30.3 Å². The summed E-state index contributed by atoms with van der Waals surface area (Å²) in [7, 11) is 1.59. The van der Waals surface area contributed by atoms with Gasteiger partial charge in [-0.15, -0.1) is 24.0 Å². The molecule has 32 heavy (non-hydrogen) atoms. The molecular weight excluding hydrogens is 548 g/mol. The van der Waals surface area contributed by atoms with Gasteiger partial charge >= 0.3 is 6.18 Å². The first-order valence-corrected chi connectivity index (χ1v) is 9.55. The van der Waals surface area contributed by atoms with Crippen LogP contribution in [0.4, 0.5) is 27.6 Å². The number of aliphatic imine (C=N–C) groups is 1. The van der Waals surface area contributed by atoms with Crippen molar-refractivity contribution >= 4 is 35.6 Å². The summed E-state index contributed by atoms with van der Waals surface area (Å²) in [6, 6.07) is 6.55. The molecule has 1 aromatic carbocycles. The maximum atomic E-state index is 14.0. The molecule has 0 spiro atoms. The van der Waals surface area contributed by atoms with Crippen molar-refractivity contribution in [3.05, 3.63) is 53.7 Å². The van der Waals surface area contributed by atoms with Gasteiger partial charge in [0, 0.05) is 51.1 Å². The second kappa shape index (κ2) is 11.5. The SMILES string of the molecule is CN=C(NCc1ccnc(OCC(F)(F)F)c1)NC1CCN(c2ccc(F)cc2F)C1.I. The standard InChI is InChI=1S/C20H22F5N5O.HI/c1-26-19(28-10-13-4-6-27-18(8-13)31-12-20(23,24)25)29-15-5-7-30(11-15)17-3-2-14(21)9-16(17)22;/h2-4,6,8-9,15H,5,7,10-12H2,1H3,(H2,26,28,29);1H. The lowest BCUT2D eigenvalue weighted by Crippen LogP contribution is -2.44. The van der Waals surface area contributed by atoms with Crippen LogP contribution in [0.3, 0.4) is 0 Å². The molecule has 1 aromatic heterocycles. The van der Waals surface area contributed by atoms with Crippen LogP contribution in [-0.2, 0) is 6.54 Å². The normalized spacial score (nSPS) is 16.5. The summed E-state index contributed by atoms with van der Waals surface area (Å²) < 4.78 is 68.6. The number of ether oxygens (including phenoxy) is 1. The largest absolute Gasteiger partial charge is 0.468 e. The van der Waals surface area contributed by atoms with Crippen molar-refractivity contribution in [3.8, 4) is 5.88 Å². The summed E-state index contributed by atoms with van der Waals surface area (Å²) in [6.07, 6.45) is -2.35. The summed E-state index contributed by atoms with van der Waals surface area (Å²) in [5, 5.41) is 6.31. The van der Waals surface area contributed by atoms with Gasteiger partial charge in [0.2, 0.25) is 5.88 Å². The van der Waals surface area contributed by atoms with E-state index in [-0.39, 0.29) is 42.4 Å². The molecule has 0 radical (unpaired) electrons. The van der Waals surface area contributed by atoms with E-state index in [9.17, 15) is 22.0 Å². The van der Waals surface area contributed by atoms with Gasteiger partial charge in [0.15, 0.2) is 12.6 Å². The Hall–Kier alpha value is -2.38. The molecule has 2 aromatic rings. The van der Waals surface area contributed by atoms with Gasteiger partial charge in [0.05, 0.1) is 5.69 Å². The molecule has 0 amide bonds. The molecule has 1 aliphatic rings. The highest BCUT2D eigenvalue weighted by atomic mass is 127. The number of alkyl halides is 3. The van der Waals surface area contributed by atoms with Crippen LogP contribution in [0.5, 0.6) is 5.88 Å². The first-order chi connectivity index (χ1) is 14.7. The average Bonchev–Trinajstić information content (AvgIpc) is 3.17. The van der Waals surface area contributed by atoms with Crippen molar-refractivity contribution in [2.24, 2.45) is 4.99 Å². The van der Waals surface area contributed by atoms with Crippen LogP contribution in [0.25, 0.3) is 0 Å². The molecule has 2 N–H and O–H groups in total. The molecule has 3 rings (SSSR count). The van der Waals surface area contributed by atoms with Crippen LogP contribution >= 0.6 is 24.0 Å². The Kier molecular flexibility index (Phi) is 9.28. The van der Waals surface area contributed by atoms with Crippen LogP contribution in [0.2, 0.25) is 0 Å². The fourth-order valence-corrected chi connectivity index (χ4v) is 3.20. The highest BCUT2D eigenvalue weighted by Gasteiger charge is 2.28. The predicted octanol–water partition coefficient (Wildman–Crippen LogP) is 3.86. The number of pyridine rings is 1. The van der Waals surface area contributed by atoms with Crippen LogP contribution in [0, 0.1) is 11.6 Å². The molecule has 1 fully saturated rings. The number of rotatable bonds is 6. The number of benzene rings is 1. The van der Waals surface area contributed by atoms with E-state index in [2.05, 4.69) is 25.3 Å². The van der Waals surface area contributed by atoms with Crippen molar-refractivity contribution < 1.29 is 26.7 Å². The molecule has 1 aliphatic heterocycles. The van der Waals surface area contributed by atoms with E-state index < -0.39 is 24.4 Å². The minimum Gasteiger partial charge on any atom is -0.468 e. The fourth-order valence-electron chi connectivity index (χ4n) is 3.20. The second-order valence-corrected chi connectivity index (χ2v) is 7.00. The molecule has 1 unspecified atom stereocenters. The van der Waals surface area contributed by atoms with Crippen molar-refractivity contribution in [2.45, 2.75) is 25.2 Å². The first-order valence-electron chi connectivity index (χ1n) is 9.55. The lowest BCUT2D eigenvalue weighted by atomic mass is 10.2. The number of hydrogen-bond acceptors (Lipinski definition) is 4. The Bertz CT molecular complexity index is 927. The lowest BCUT2D eigenvalue weighted by molar-refractivity contribution is -0.154. The predicted molar refractivity (Wildman–Crippen MR) is 122 cm³/mol. The number of nitrogens with zero attached hydrogens (tertiary/aromatic N) is 3. The molecule has 176 valence electrons. The zero-order valence-electron chi connectivity index (χ0n) is 17.1. The van der Waals surface area contributed by atoms with Crippen LogP contribution in [0.1, 0.15) is 12.0 Å². The van der Waals surface area contributed by atoms with Gasteiger partial charge in [0.1, 0.15) is 11.6 Å². The molecule has 12 heteroatoms. The van der Waals surface area contributed by atoms with E-state index in [0.717, 1.165) is 12.5 Å². The zero-order valence-corrected chi connectivity index (χ0v) is 19.5. The Balaban J connectivity index is 0.00000363. The Morgan fingerprint density at radius 1 is 1.25 bits per heavy atom. The van der Waals surface area contributed by atoms with Gasteiger partial charge in [-0.25, -0.2) is 13.8 Å². The number of halogens is 6. The van der Waals surface area contributed by atoms with Gasteiger partial charge in [0.25, 0.3) is 0 Å². The Morgan fingerprint density at radius 3 is 2.72 bits per heavy atom. The monoisotopic (exact) mass is 571 g/mol. The highest BCUT2D eigenvalue weighted by Crippen LogP contribution is 2.24. The number of guanidine groups is 1. The molecule has 0 aliphatic carbocycles. The fraction of sp³-hybridized carbons (Fsp3) is 0.400.